The monoisotopic (exact) mass is 2090 g/mol. The molecule has 4 aromatic carbocycles. The van der Waals surface area contributed by atoms with Gasteiger partial charge in [0.05, 0.1) is 240 Å². The van der Waals surface area contributed by atoms with E-state index in [1.807, 2.05) is 236 Å². The van der Waals surface area contributed by atoms with Crippen LogP contribution in [0.1, 0.15) is 327 Å². The molecule has 1 fully saturated rings. The van der Waals surface area contributed by atoms with E-state index in [2.05, 4.69) is 132 Å². The fraction of sp³-hybridized carbons (Fsp3) is 0.729. The first-order valence-electron chi connectivity index (χ1n) is 53.3. The molecule has 29 nitrogen and oxygen atoms in total. The molecule has 0 N–H and O–H groups in total. The highest BCUT2D eigenvalue weighted by Crippen LogP contribution is 2.33. The molecule has 858 valence electrons. The highest BCUT2D eigenvalue weighted by molar-refractivity contribution is 5.41. The van der Waals surface area contributed by atoms with Crippen LogP contribution in [-0.2, 0) is 152 Å². The molecule has 0 spiro atoms. The van der Waals surface area contributed by atoms with Crippen molar-refractivity contribution in [2.45, 2.75) is 442 Å². The van der Waals surface area contributed by atoms with Crippen LogP contribution in [0.2, 0.25) is 0 Å². The Bertz CT molecular complexity index is 3460. The van der Waals surface area contributed by atoms with Gasteiger partial charge in [0.1, 0.15) is 77.1 Å². The molecule has 0 unspecified atom stereocenters. The molecule has 1 aromatic heterocycles. The van der Waals surface area contributed by atoms with Crippen molar-refractivity contribution in [3.8, 4) is 23.0 Å². The molecule has 1 saturated carbocycles. The standard InChI is InChI=1S/C24H34O3.C20H34O5.C15H24O3.C13H22O4.C12H26O4.C12H24O2.C10H22O2.C8H18O2.4CH2O/c1-18(2)25-17-21-9-13-23(14-10-21)24(5,6)22-11-7-20(8-12-22)15-16-26-27-19(3)4;1-15(2)21-7-9-23-19-11-18(14-25-17(5)6)12-20(13-19)24-10-8-22-16(3)4;1-12(2)16-8-9-17-15-7-5-6-14(10-15)11-18-13(3)4;1-10(2)15-5-6-16-13-9-14-7-12(13)8-17-11(3)4;1-11(2)15-9-7-13-5-6-14-8-10-16-12(3)4;1-9(2)13-11-5-7-12(8-6-11)14-10(3)4;1-9(2)11-7-5-6-8-12-10(3)4;1-7(2)9-5-6-10-8(3)4;4*1-2/h7-14,18-19H,15-17H2,1-6H3;11-13,15-17H,7-10,14H2,1-6H3;5-7,10,12-13H,8-9,11H2,1-4H3;7,9-11H,5-6,8H2,1-4H3;11-12H,5-10H2,1-4H3;9-12H,5-8H2,1-4H3;9-10H,5-8H2,1-4H3;7-8H,5-6H2,1-4H3;4*1H2. The average Bonchev–Trinajstić information content (AvgIpc) is 0.817. The van der Waals surface area contributed by atoms with E-state index in [0.717, 1.165) is 97.8 Å². The van der Waals surface area contributed by atoms with Gasteiger partial charge in [0, 0.05) is 24.7 Å². The molecular formula is C118H212O29. The Hall–Kier alpha value is -6.76. The predicted molar refractivity (Wildman–Crippen MR) is 593 cm³/mol. The van der Waals surface area contributed by atoms with E-state index >= 15 is 0 Å². The lowest BCUT2D eigenvalue weighted by Gasteiger charge is -2.30. The third-order valence-corrected chi connectivity index (χ3v) is 18.9. The van der Waals surface area contributed by atoms with Crippen LogP contribution in [0.15, 0.2) is 108 Å². The Morgan fingerprint density at radius 2 is 0.551 bits per heavy atom. The molecule has 147 heavy (non-hydrogen) atoms. The molecule has 5 aromatic rings. The number of carbonyl (C=O) groups excluding carboxylic acids is 4. The van der Waals surface area contributed by atoms with Gasteiger partial charge in [0.2, 0.25) is 0 Å². The van der Waals surface area contributed by atoms with Crippen molar-refractivity contribution in [3.05, 3.63) is 142 Å². The van der Waals surface area contributed by atoms with Gasteiger partial charge in [-0.25, -0.2) is 9.78 Å². The number of carbonyl (C=O) groups is 4. The first-order chi connectivity index (χ1) is 69.8. The maximum absolute atomic E-state index is 8.00. The maximum Gasteiger partial charge on any atom is 0.163 e. The second-order valence-corrected chi connectivity index (χ2v) is 39.2. The number of furan rings is 1. The van der Waals surface area contributed by atoms with E-state index in [-0.39, 0.29) is 72.6 Å². The zero-order chi connectivity index (χ0) is 113. The van der Waals surface area contributed by atoms with Gasteiger partial charge in [0.25, 0.3) is 0 Å². The molecule has 0 bridgehead atoms. The number of hydrogen-bond acceptors (Lipinski definition) is 29. The molecule has 1 aliphatic carbocycles. The van der Waals surface area contributed by atoms with Crippen molar-refractivity contribution in [2.75, 3.05) is 126 Å². The summed E-state index contributed by atoms with van der Waals surface area (Å²) in [5, 5.41) is 0. The van der Waals surface area contributed by atoms with Crippen LogP contribution in [0.5, 0.6) is 23.0 Å². The molecule has 0 radical (unpaired) electrons. The summed E-state index contributed by atoms with van der Waals surface area (Å²) >= 11 is 0. The highest BCUT2D eigenvalue weighted by atomic mass is 17.2. The fourth-order valence-corrected chi connectivity index (χ4v) is 12.1. The van der Waals surface area contributed by atoms with E-state index in [9.17, 15) is 0 Å². The normalized spacial score (nSPS) is 12.7. The minimum absolute atomic E-state index is 0.0484. The quantitative estimate of drug-likeness (QED) is 0.0198. The predicted octanol–water partition coefficient (Wildman–Crippen LogP) is 25.2. The van der Waals surface area contributed by atoms with E-state index in [4.69, 9.17) is 138 Å². The van der Waals surface area contributed by atoms with E-state index in [0.29, 0.717) is 188 Å². The smallest absolute Gasteiger partial charge is 0.163 e. The summed E-state index contributed by atoms with van der Waals surface area (Å²) in [6.07, 6.45) is 16.4. The van der Waals surface area contributed by atoms with Crippen molar-refractivity contribution < 1.29 is 138 Å². The zero-order valence-electron chi connectivity index (χ0n) is 98.7. The maximum atomic E-state index is 8.00. The first-order valence-corrected chi connectivity index (χ1v) is 53.3. The second-order valence-electron chi connectivity index (χ2n) is 39.2. The minimum atomic E-state index is -0.0484. The molecular weight excluding hydrogens is 1880 g/mol. The lowest BCUT2D eigenvalue weighted by molar-refractivity contribution is -0.316. The summed E-state index contributed by atoms with van der Waals surface area (Å²) in [4.78, 5) is 42.3. The molecule has 0 saturated heterocycles. The van der Waals surface area contributed by atoms with Gasteiger partial charge < -0.3 is 128 Å². The topological polar surface area (TPSA) is 303 Å². The number of ether oxygens (including phenoxy) is 22. The minimum Gasteiger partial charge on any atom is -0.491 e. The Labute approximate surface area is 893 Å². The Kier molecular flexibility index (Phi) is 105. The van der Waals surface area contributed by atoms with Crippen molar-refractivity contribution in [2.24, 2.45) is 0 Å². The van der Waals surface area contributed by atoms with Crippen LogP contribution >= 0.6 is 0 Å². The summed E-state index contributed by atoms with van der Waals surface area (Å²) < 4.78 is 126. The fourth-order valence-electron chi connectivity index (χ4n) is 12.1. The van der Waals surface area contributed by atoms with Crippen LogP contribution in [0, 0.1) is 0 Å². The van der Waals surface area contributed by atoms with Crippen LogP contribution in [0.3, 0.4) is 0 Å². The van der Waals surface area contributed by atoms with Gasteiger partial charge in [0.15, 0.2) is 5.75 Å². The average molecular weight is 2090 g/mol. The van der Waals surface area contributed by atoms with Crippen molar-refractivity contribution in [1.29, 1.82) is 0 Å². The lowest BCUT2D eigenvalue weighted by atomic mass is 9.77. The zero-order valence-corrected chi connectivity index (χ0v) is 98.7. The molecule has 1 aliphatic rings. The van der Waals surface area contributed by atoms with Crippen molar-refractivity contribution in [3.63, 3.8) is 0 Å². The number of unbranched alkanes of at least 4 members (excludes halogenated alkanes) is 1. The third-order valence-electron chi connectivity index (χ3n) is 18.9. The van der Waals surface area contributed by atoms with E-state index in [1.54, 1.807) is 12.5 Å². The van der Waals surface area contributed by atoms with Gasteiger partial charge >= 0.3 is 0 Å². The number of hydrogen-bond donors (Lipinski definition) is 0. The lowest BCUT2D eigenvalue weighted by Crippen LogP contribution is -2.29. The van der Waals surface area contributed by atoms with E-state index in [1.165, 1.54) is 22.3 Å². The largest absolute Gasteiger partial charge is 0.491 e. The van der Waals surface area contributed by atoms with Gasteiger partial charge in [-0.3, -0.25) is 0 Å². The summed E-state index contributed by atoms with van der Waals surface area (Å²) in [6, 6.07) is 31.4. The Balaban J connectivity index is -0.000000389. The van der Waals surface area contributed by atoms with Crippen LogP contribution in [0.4, 0.5) is 0 Å². The number of rotatable bonds is 66. The van der Waals surface area contributed by atoms with Crippen LogP contribution in [0.25, 0.3) is 0 Å². The Morgan fingerprint density at radius 3 is 0.891 bits per heavy atom. The van der Waals surface area contributed by atoms with Gasteiger partial charge in [-0.2, -0.15) is 0 Å². The highest BCUT2D eigenvalue weighted by Gasteiger charge is 2.25. The molecule has 0 amide bonds. The second kappa shape index (κ2) is 102. The SMILES string of the molecule is C=O.C=O.C=O.C=O.CC(C)OC1CCC(OC(C)C)CC1.CC(C)OCCCCOC(C)C.CC(C)OCCOC(C)C.CC(C)OCCOCCOCCOC(C)C.CC(C)OCCOc1cc(COC(C)C)cc(OCCOC(C)C)c1.CC(C)OCCOc1cccc(COC(C)C)c1.CC(C)OCCOc1cocc1COC(C)C.CC(C)OCc1ccc(C(C)(C)c2ccc(CCOOC(C)C)cc2)cc1. The molecule has 0 atom stereocenters. The van der Waals surface area contributed by atoms with Crippen molar-refractivity contribution >= 4 is 27.2 Å². The summed E-state index contributed by atoms with van der Waals surface area (Å²) in [5.41, 5.74) is 8.11. The molecule has 0 aliphatic heterocycles. The molecule has 1 heterocycles. The molecule has 6 rings (SSSR count). The first kappa shape index (κ1) is 151. The summed E-state index contributed by atoms with van der Waals surface area (Å²) in [6.45, 7) is 95.8. The summed E-state index contributed by atoms with van der Waals surface area (Å²) in [7, 11) is 0. The van der Waals surface area contributed by atoms with E-state index < -0.39 is 0 Å². The van der Waals surface area contributed by atoms with Crippen LogP contribution < -0.4 is 18.9 Å². The van der Waals surface area contributed by atoms with Gasteiger partial charge in [-0.1, -0.05) is 74.5 Å². The van der Waals surface area contributed by atoms with Crippen molar-refractivity contribution in [1.82, 2.24) is 0 Å². The molecule has 29 heteroatoms. The van der Waals surface area contributed by atoms with Gasteiger partial charge in [-0.15, -0.1) is 0 Å². The van der Waals surface area contributed by atoms with Gasteiger partial charge in [-0.05, 0) is 338 Å². The summed E-state index contributed by atoms with van der Waals surface area (Å²) in [5.74, 6) is 3.12. The third kappa shape index (κ3) is 103. The number of benzene rings is 4. The Morgan fingerprint density at radius 1 is 0.265 bits per heavy atom. The van der Waals surface area contributed by atoms with Crippen LogP contribution in [-0.4, -0.2) is 269 Å².